The first-order chi connectivity index (χ1) is 22.7. The van der Waals surface area contributed by atoms with Crippen molar-refractivity contribution in [2.24, 2.45) is 0 Å². The zero-order valence-electron chi connectivity index (χ0n) is 25.5. The Morgan fingerprint density at radius 1 is 0.830 bits per heavy atom. The standard InChI is InChI=1S/C34H36Cl2F3N3O4S/c35-26-6-1-23(2-7-26)33(24-3-8-27(36)9-4-24)25-5-10-30-29(21-25)31(40-28-11-13-42(14-12-28)47-34(37,38)39)22-32(41-30)46-20-19-45-18-17-44-16-15-43/h1-10,21-22,28,33,43H,11-20H2,(H,40,41). The number of aliphatic hydroxyl groups is 1. The fourth-order valence-electron chi connectivity index (χ4n) is 5.53. The van der Waals surface area contributed by atoms with Crippen molar-refractivity contribution in [3.8, 4) is 5.88 Å². The Bertz CT molecular complexity index is 1530. The third kappa shape index (κ3) is 10.6. The average molecular weight is 711 g/mol. The van der Waals surface area contributed by atoms with Crippen molar-refractivity contribution in [1.82, 2.24) is 9.29 Å². The van der Waals surface area contributed by atoms with Gasteiger partial charge in [0, 0.05) is 64.2 Å². The molecule has 2 heterocycles. The molecule has 3 aromatic carbocycles. The summed E-state index contributed by atoms with van der Waals surface area (Å²) in [5, 5.41) is 14.6. The lowest BCUT2D eigenvalue weighted by atomic mass is 9.84. The summed E-state index contributed by atoms with van der Waals surface area (Å²) < 4.78 is 57.0. The van der Waals surface area contributed by atoms with Crippen LogP contribution in [0.3, 0.4) is 0 Å². The van der Waals surface area contributed by atoms with Crippen LogP contribution in [0, 0.1) is 0 Å². The van der Waals surface area contributed by atoms with Gasteiger partial charge in [0.05, 0.1) is 38.6 Å². The minimum Gasteiger partial charge on any atom is -0.475 e. The van der Waals surface area contributed by atoms with Gasteiger partial charge in [0.1, 0.15) is 6.61 Å². The molecule has 2 N–H and O–H groups in total. The molecule has 13 heteroatoms. The van der Waals surface area contributed by atoms with Gasteiger partial charge in [-0.05, 0) is 65.9 Å². The molecule has 1 saturated heterocycles. The van der Waals surface area contributed by atoms with Gasteiger partial charge in [-0.1, -0.05) is 53.5 Å². The summed E-state index contributed by atoms with van der Waals surface area (Å²) in [6, 6.07) is 23.4. The van der Waals surface area contributed by atoms with E-state index in [2.05, 4.69) is 11.4 Å². The van der Waals surface area contributed by atoms with Crippen LogP contribution in [0.4, 0.5) is 18.9 Å². The summed E-state index contributed by atoms with van der Waals surface area (Å²) in [5.41, 5.74) is 0.324. The van der Waals surface area contributed by atoms with Crippen LogP contribution in [-0.4, -0.2) is 78.7 Å². The van der Waals surface area contributed by atoms with E-state index in [-0.39, 0.29) is 43.7 Å². The molecule has 0 radical (unpaired) electrons. The molecule has 0 spiro atoms. The Morgan fingerprint density at radius 2 is 1.40 bits per heavy atom. The third-order valence-corrected chi connectivity index (χ3v) is 9.01. The number of benzene rings is 3. The summed E-state index contributed by atoms with van der Waals surface area (Å²) >= 11 is 12.4. The molecular weight excluding hydrogens is 674 g/mol. The van der Waals surface area contributed by atoms with Crippen LogP contribution in [-0.2, 0) is 9.47 Å². The minimum atomic E-state index is -4.30. The number of ether oxygens (including phenoxy) is 3. The fourth-order valence-corrected chi connectivity index (χ4v) is 6.47. The fraction of sp³-hybridized carbons (Fsp3) is 0.382. The smallest absolute Gasteiger partial charge is 0.456 e. The molecule has 0 bridgehead atoms. The van der Waals surface area contributed by atoms with E-state index < -0.39 is 5.51 Å². The number of halogens is 5. The van der Waals surface area contributed by atoms with Gasteiger partial charge in [0.2, 0.25) is 5.88 Å². The van der Waals surface area contributed by atoms with Crippen LogP contribution >= 0.6 is 35.1 Å². The Hall–Kier alpha value is -2.77. The predicted octanol–water partition coefficient (Wildman–Crippen LogP) is 8.17. The summed E-state index contributed by atoms with van der Waals surface area (Å²) in [5.74, 6) is 0.281. The molecule has 0 atom stereocenters. The number of hydrogen-bond acceptors (Lipinski definition) is 8. The maximum absolute atomic E-state index is 13.0. The molecular formula is C34H36Cl2F3N3O4S. The van der Waals surface area contributed by atoms with Gasteiger partial charge in [-0.3, -0.25) is 0 Å². The van der Waals surface area contributed by atoms with Crippen LogP contribution < -0.4 is 10.1 Å². The molecule has 0 amide bonds. The zero-order chi connectivity index (χ0) is 33.2. The second-order valence-corrected chi connectivity index (χ2v) is 13.0. The van der Waals surface area contributed by atoms with Crippen molar-refractivity contribution in [2.75, 3.05) is 58.0 Å². The Balaban J connectivity index is 1.42. The molecule has 7 nitrogen and oxygen atoms in total. The molecule has 1 aliphatic rings. The number of fused-ring (bicyclic) bond motifs is 1. The minimum absolute atomic E-state index is 0.0345. The first-order valence-electron chi connectivity index (χ1n) is 15.3. The lowest BCUT2D eigenvalue weighted by molar-refractivity contribution is -0.0366. The molecule has 0 aliphatic carbocycles. The number of aliphatic hydroxyl groups excluding tert-OH is 1. The van der Waals surface area contributed by atoms with Crippen LogP contribution in [0.5, 0.6) is 5.88 Å². The molecule has 252 valence electrons. The molecule has 1 fully saturated rings. The third-order valence-electron chi connectivity index (χ3n) is 7.68. The van der Waals surface area contributed by atoms with E-state index in [9.17, 15) is 13.2 Å². The molecule has 5 rings (SSSR count). The van der Waals surface area contributed by atoms with E-state index in [1.54, 1.807) is 0 Å². The highest BCUT2D eigenvalue weighted by Gasteiger charge is 2.34. The van der Waals surface area contributed by atoms with Gasteiger partial charge >= 0.3 is 5.51 Å². The van der Waals surface area contributed by atoms with Gasteiger partial charge in [-0.2, -0.15) is 13.2 Å². The van der Waals surface area contributed by atoms with Gasteiger partial charge < -0.3 is 24.6 Å². The first-order valence-corrected chi connectivity index (χ1v) is 16.8. The van der Waals surface area contributed by atoms with Gasteiger partial charge in [0.15, 0.2) is 0 Å². The SMILES string of the molecule is OCCOCCOCCOc1cc(NC2CCN(SC(F)(F)F)CC2)c2cc(C(c3ccc(Cl)cc3)c3ccc(Cl)cc3)ccc2n1. The highest BCUT2D eigenvalue weighted by molar-refractivity contribution is 7.97. The number of hydrogen-bond donors (Lipinski definition) is 2. The Labute approximate surface area is 286 Å². The van der Waals surface area contributed by atoms with Crippen molar-refractivity contribution in [1.29, 1.82) is 0 Å². The van der Waals surface area contributed by atoms with E-state index in [0.29, 0.717) is 67.2 Å². The average Bonchev–Trinajstić information content (AvgIpc) is 3.04. The van der Waals surface area contributed by atoms with Gasteiger partial charge in [-0.15, -0.1) is 0 Å². The summed E-state index contributed by atoms with van der Waals surface area (Å²) in [6.07, 6.45) is 1.10. The quantitative estimate of drug-likeness (QED) is 0.0728. The largest absolute Gasteiger partial charge is 0.475 e. The van der Waals surface area contributed by atoms with E-state index in [1.165, 1.54) is 4.31 Å². The number of alkyl halides is 3. The topological polar surface area (TPSA) is 76.1 Å². The first kappa shape index (κ1) is 35.5. The van der Waals surface area contributed by atoms with Crippen LogP contribution in [0.2, 0.25) is 10.0 Å². The molecule has 1 aromatic heterocycles. The monoisotopic (exact) mass is 709 g/mol. The molecule has 1 aliphatic heterocycles. The van der Waals surface area contributed by atoms with E-state index in [0.717, 1.165) is 27.8 Å². The number of pyridine rings is 1. The number of rotatable bonds is 15. The number of aromatic nitrogens is 1. The van der Waals surface area contributed by atoms with Gasteiger partial charge in [0.25, 0.3) is 0 Å². The summed E-state index contributed by atoms with van der Waals surface area (Å²) in [4.78, 5) is 4.77. The highest BCUT2D eigenvalue weighted by Crippen LogP contribution is 2.38. The van der Waals surface area contributed by atoms with Crippen molar-refractivity contribution in [3.63, 3.8) is 0 Å². The maximum atomic E-state index is 13.0. The number of anilines is 1. The second-order valence-electron chi connectivity index (χ2n) is 11.0. The van der Waals surface area contributed by atoms with Crippen molar-refractivity contribution < 1.29 is 32.5 Å². The van der Waals surface area contributed by atoms with Crippen LogP contribution in [0.1, 0.15) is 35.4 Å². The lowest BCUT2D eigenvalue weighted by Crippen LogP contribution is -2.37. The molecule has 0 saturated carbocycles. The number of piperidine rings is 1. The zero-order valence-corrected chi connectivity index (χ0v) is 27.8. The molecule has 47 heavy (non-hydrogen) atoms. The Morgan fingerprint density at radius 3 is 2.00 bits per heavy atom. The summed E-state index contributed by atoms with van der Waals surface area (Å²) in [6.45, 7) is 2.18. The van der Waals surface area contributed by atoms with E-state index >= 15 is 0 Å². The van der Waals surface area contributed by atoms with Crippen LogP contribution in [0.15, 0.2) is 72.8 Å². The second kappa shape index (κ2) is 17.1. The van der Waals surface area contributed by atoms with Crippen molar-refractivity contribution in [2.45, 2.75) is 30.3 Å². The summed E-state index contributed by atoms with van der Waals surface area (Å²) in [7, 11) is 0. The predicted molar refractivity (Wildman–Crippen MR) is 182 cm³/mol. The van der Waals surface area contributed by atoms with Crippen molar-refractivity contribution >= 4 is 51.7 Å². The maximum Gasteiger partial charge on any atom is 0.456 e. The van der Waals surface area contributed by atoms with Gasteiger partial charge in [-0.25, -0.2) is 9.29 Å². The Kier molecular flexibility index (Phi) is 12.9. The van der Waals surface area contributed by atoms with E-state index in [4.69, 9.17) is 47.5 Å². The molecule has 4 aromatic rings. The molecule has 0 unspecified atom stereocenters. The van der Waals surface area contributed by atoms with Crippen LogP contribution in [0.25, 0.3) is 10.9 Å². The normalized spacial score (nSPS) is 14.6. The number of nitrogens with one attached hydrogen (secondary N) is 1. The van der Waals surface area contributed by atoms with Crippen molar-refractivity contribution in [3.05, 3.63) is 99.5 Å². The van der Waals surface area contributed by atoms with E-state index in [1.807, 2.05) is 66.7 Å². The lowest BCUT2D eigenvalue weighted by Gasteiger charge is -2.32. The number of nitrogens with zero attached hydrogens (tertiary/aromatic N) is 2. The highest BCUT2D eigenvalue weighted by atomic mass is 35.5.